The number of rotatable bonds is 5. The average Bonchev–Trinajstić information content (AvgIpc) is 2.58. The zero-order chi connectivity index (χ0) is 15.5. The summed E-state index contributed by atoms with van der Waals surface area (Å²) in [5, 5.41) is 16.5. The molecule has 0 amide bonds. The van der Waals surface area contributed by atoms with E-state index in [9.17, 15) is 0 Å². The summed E-state index contributed by atoms with van der Waals surface area (Å²) >= 11 is 0. The molecule has 1 aromatic carbocycles. The van der Waals surface area contributed by atoms with E-state index in [1.807, 2.05) is 30.3 Å². The van der Waals surface area contributed by atoms with Gasteiger partial charge >= 0.3 is 0 Å². The molecule has 0 aliphatic carbocycles. The molecule has 0 unspecified atom stereocenters. The first kappa shape index (κ1) is 18.0. The van der Waals surface area contributed by atoms with Gasteiger partial charge in [-0.1, -0.05) is 30.3 Å². The van der Waals surface area contributed by atoms with Crippen LogP contribution in [0.25, 0.3) is 0 Å². The molecule has 6 nitrogen and oxygen atoms in total. The van der Waals surface area contributed by atoms with Gasteiger partial charge in [0.1, 0.15) is 12.2 Å². The van der Waals surface area contributed by atoms with Crippen LogP contribution in [-0.4, -0.2) is 63.1 Å². The lowest BCUT2D eigenvalue weighted by Crippen LogP contribution is -2.32. The van der Waals surface area contributed by atoms with Crippen LogP contribution in [0.2, 0.25) is 0 Å². The topological polar surface area (TPSA) is 77.4 Å². The molecule has 0 radical (unpaired) electrons. The van der Waals surface area contributed by atoms with Gasteiger partial charge in [-0.15, -0.1) is 0 Å². The van der Waals surface area contributed by atoms with Gasteiger partial charge in [-0.05, 0) is 0 Å². The molecule has 1 heterocycles. The van der Waals surface area contributed by atoms with Crippen LogP contribution in [0.1, 0.15) is 11.9 Å². The highest BCUT2D eigenvalue weighted by Gasteiger charge is 2.22. The molecule has 1 aromatic rings. The predicted molar refractivity (Wildman–Crippen MR) is 76.9 cm³/mol. The minimum absolute atomic E-state index is 0.0648. The van der Waals surface area contributed by atoms with E-state index in [0.29, 0.717) is 13.2 Å². The van der Waals surface area contributed by atoms with Gasteiger partial charge in [0.05, 0.1) is 26.4 Å². The van der Waals surface area contributed by atoms with Crippen LogP contribution >= 0.6 is 0 Å². The Morgan fingerprint density at radius 1 is 1.10 bits per heavy atom. The maximum atomic E-state index is 8.24. The van der Waals surface area contributed by atoms with E-state index in [2.05, 4.69) is 4.74 Å². The first-order chi connectivity index (χ1) is 10.2. The Morgan fingerprint density at radius 3 is 2.05 bits per heavy atom. The molecule has 2 N–H and O–H groups in total. The van der Waals surface area contributed by atoms with Crippen molar-refractivity contribution in [3.8, 4) is 0 Å². The summed E-state index contributed by atoms with van der Waals surface area (Å²) in [7, 11) is 3.11. The van der Waals surface area contributed by atoms with E-state index in [1.165, 1.54) is 7.11 Å². The third kappa shape index (κ3) is 6.52. The lowest BCUT2D eigenvalue weighted by atomic mass is 10.2. The van der Waals surface area contributed by atoms with E-state index in [1.54, 1.807) is 7.11 Å². The van der Waals surface area contributed by atoms with Crippen molar-refractivity contribution < 1.29 is 29.2 Å². The van der Waals surface area contributed by atoms with E-state index in [4.69, 9.17) is 24.4 Å². The number of aliphatic hydroxyl groups excluding tert-OH is 2. The summed E-state index contributed by atoms with van der Waals surface area (Å²) in [6.45, 7) is 0.951. The number of aliphatic hydroxyl groups is 2. The summed E-state index contributed by atoms with van der Waals surface area (Å²) < 4.78 is 20.7. The van der Waals surface area contributed by atoms with Gasteiger partial charge in [0, 0.05) is 19.8 Å². The van der Waals surface area contributed by atoms with E-state index < -0.39 is 6.10 Å². The molecule has 1 aliphatic rings. The molecule has 120 valence electrons. The van der Waals surface area contributed by atoms with Gasteiger partial charge < -0.3 is 29.2 Å². The van der Waals surface area contributed by atoms with Gasteiger partial charge in [-0.25, -0.2) is 0 Å². The van der Waals surface area contributed by atoms with Crippen LogP contribution in [0, 0.1) is 0 Å². The molecule has 21 heavy (non-hydrogen) atoms. The molecule has 0 atom stereocenters. The SMILES string of the molecule is COC(CO)CO.COC1COC(c2ccccc2)OC1. The standard InChI is InChI=1S/C11H14O3.C4H10O3/c1-12-10-7-13-11(14-8-10)9-5-3-2-4-6-9;1-7-4(2-5)3-6/h2-6,10-11H,7-8H2,1H3;4-6H,2-3H2,1H3. The second kappa shape index (κ2) is 10.7. The molecule has 2 rings (SSSR count). The first-order valence-electron chi connectivity index (χ1n) is 6.80. The van der Waals surface area contributed by atoms with Crippen molar-refractivity contribution in [1.82, 2.24) is 0 Å². The third-order valence-corrected chi connectivity index (χ3v) is 3.01. The van der Waals surface area contributed by atoms with Crippen LogP contribution in [0.3, 0.4) is 0 Å². The molecule has 0 bridgehead atoms. The predicted octanol–water partition coefficient (Wildman–Crippen LogP) is 0.733. The van der Waals surface area contributed by atoms with Crippen molar-refractivity contribution in [2.24, 2.45) is 0 Å². The summed E-state index contributed by atoms with van der Waals surface area (Å²) in [5.41, 5.74) is 1.06. The third-order valence-electron chi connectivity index (χ3n) is 3.01. The van der Waals surface area contributed by atoms with Crippen molar-refractivity contribution >= 4 is 0 Å². The van der Waals surface area contributed by atoms with E-state index in [-0.39, 0.29) is 25.6 Å². The summed E-state index contributed by atoms with van der Waals surface area (Å²) in [4.78, 5) is 0. The number of hydrogen-bond donors (Lipinski definition) is 2. The molecule has 6 heteroatoms. The maximum absolute atomic E-state index is 8.24. The van der Waals surface area contributed by atoms with Crippen LogP contribution in [0.15, 0.2) is 30.3 Å². The highest BCUT2D eigenvalue weighted by molar-refractivity contribution is 5.16. The van der Waals surface area contributed by atoms with E-state index in [0.717, 1.165) is 5.56 Å². The molecule has 0 aromatic heterocycles. The largest absolute Gasteiger partial charge is 0.394 e. The summed E-state index contributed by atoms with van der Waals surface area (Å²) in [6, 6.07) is 9.93. The summed E-state index contributed by atoms with van der Waals surface area (Å²) in [6.07, 6.45) is -0.572. The molecule has 1 saturated heterocycles. The number of benzene rings is 1. The van der Waals surface area contributed by atoms with Gasteiger partial charge in [0.25, 0.3) is 0 Å². The highest BCUT2D eigenvalue weighted by atomic mass is 16.7. The smallest absolute Gasteiger partial charge is 0.184 e. The van der Waals surface area contributed by atoms with Crippen LogP contribution in [0.4, 0.5) is 0 Å². The Kier molecular flexibility index (Phi) is 9.16. The second-order valence-electron chi connectivity index (χ2n) is 4.49. The van der Waals surface area contributed by atoms with E-state index >= 15 is 0 Å². The molecule has 1 fully saturated rings. The van der Waals surface area contributed by atoms with Gasteiger partial charge in [0.15, 0.2) is 6.29 Å². The average molecular weight is 300 g/mol. The highest BCUT2D eigenvalue weighted by Crippen LogP contribution is 2.22. The molecular weight excluding hydrogens is 276 g/mol. The Bertz CT molecular complexity index is 341. The van der Waals surface area contributed by atoms with Gasteiger partial charge in [-0.2, -0.15) is 0 Å². The Labute approximate surface area is 125 Å². The molecule has 0 saturated carbocycles. The lowest BCUT2D eigenvalue weighted by molar-refractivity contribution is -0.225. The van der Waals surface area contributed by atoms with Crippen molar-refractivity contribution in [1.29, 1.82) is 0 Å². The number of methoxy groups -OCH3 is 2. The van der Waals surface area contributed by atoms with Crippen molar-refractivity contribution in [3.05, 3.63) is 35.9 Å². The van der Waals surface area contributed by atoms with Crippen LogP contribution < -0.4 is 0 Å². The Hall–Kier alpha value is -1.02. The quantitative estimate of drug-likeness (QED) is 0.835. The lowest BCUT2D eigenvalue weighted by Gasteiger charge is -2.28. The minimum atomic E-state index is -0.403. The fourth-order valence-corrected chi connectivity index (χ4v) is 1.63. The number of hydrogen-bond acceptors (Lipinski definition) is 6. The van der Waals surface area contributed by atoms with Gasteiger partial charge in [0.2, 0.25) is 0 Å². The normalized spacial score (nSPS) is 21.8. The Balaban J connectivity index is 0.000000270. The molecule has 0 spiro atoms. The zero-order valence-corrected chi connectivity index (χ0v) is 12.5. The van der Waals surface area contributed by atoms with Crippen molar-refractivity contribution in [3.63, 3.8) is 0 Å². The first-order valence-corrected chi connectivity index (χ1v) is 6.80. The monoisotopic (exact) mass is 300 g/mol. The van der Waals surface area contributed by atoms with Crippen molar-refractivity contribution in [2.75, 3.05) is 40.6 Å². The number of ether oxygens (including phenoxy) is 4. The summed E-state index contributed by atoms with van der Waals surface area (Å²) in [5.74, 6) is 0. The van der Waals surface area contributed by atoms with Crippen molar-refractivity contribution in [2.45, 2.75) is 18.5 Å². The molecule has 1 aliphatic heterocycles. The van der Waals surface area contributed by atoms with Crippen LogP contribution in [0.5, 0.6) is 0 Å². The fourth-order valence-electron chi connectivity index (χ4n) is 1.63. The molecular formula is C15H24O6. The minimum Gasteiger partial charge on any atom is -0.394 e. The second-order valence-corrected chi connectivity index (χ2v) is 4.49. The Morgan fingerprint density at radius 2 is 1.67 bits per heavy atom. The maximum Gasteiger partial charge on any atom is 0.184 e. The fraction of sp³-hybridized carbons (Fsp3) is 0.600. The van der Waals surface area contributed by atoms with Gasteiger partial charge in [-0.3, -0.25) is 0 Å². The zero-order valence-electron chi connectivity index (χ0n) is 12.5. The van der Waals surface area contributed by atoms with Crippen LogP contribution in [-0.2, 0) is 18.9 Å².